The van der Waals surface area contributed by atoms with Crippen molar-refractivity contribution in [2.75, 3.05) is 36.4 Å². The van der Waals surface area contributed by atoms with Crippen molar-refractivity contribution in [1.29, 1.82) is 5.26 Å². The summed E-state index contributed by atoms with van der Waals surface area (Å²) in [6.45, 7) is 3.91. The maximum atomic E-state index is 13.6. The topological polar surface area (TPSA) is 85.9 Å². The molecule has 1 spiro atoms. The minimum Gasteiger partial charge on any atom is -0.352 e. The van der Waals surface area contributed by atoms with Gasteiger partial charge in [-0.05, 0) is 6.92 Å². The first-order valence-electron chi connectivity index (χ1n) is 9.60. The second-order valence-electron chi connectivity index (χ2n) is 8.66. The van der Waals surface area contributed by atoms with Gasteiger partial charge in [0.25, 0.3) is 5.92 Å². The van der Waals surface area contributed by atoms with E-state index in [0.29, 0.717) is 38.5 Å². The molecule has 1 N–H and O–H groups in total. The van der Waals surface area contributed by atoms with E-state index in [1.54, 1.807) is 17.1 Å². The van der Waals surface area contributed by atoms with Crippen LogP contribution in [0.15, 0.2) is 18.6 Å². The first kappa shape index (κ1) is 18.2. The van der Waals surface area contributed by atoms with Crippen LogP contribution in [0, 0.1) is 23.7 Å². The highest BCUT2D eigenvalue weighted by atomic mass is 19.3. The van der Waals surface area contributed by atoms with Crippen molar-refractivity contribution in [3.05, 3.63) is 24.2 Å². The Morgan fingerprint density at radius 2 is 1.97 bits per heavy atom. The Bertz CT molecular complexity index is 998. The molecule has 29 heavy (non-hydrogen) atoms. The highest BCUT2D eigenvalue weighted by Crippen LogP contribution is 2.66. The van der Waals surface area contributed by atoms with E-state index >= 15 is 0 Å². The third-order valence-corrected chi connectivity index (χ3v) is 6.45. The molecule has 0 atom stereocenters. The van der Waals surface area contributed by atoms with E-state index in [4.69, 9.17) is 0 Å². The Morgan fingerprint density at radius 1 is 1.24 bits per heavy atom. The summed E-state index contributed by atoms with van der Waals surface area (Å²) in [5, 5.41) is 16.6. The lowest BCUT2D eigenvalue weighted by molar-refractivity contribution is -0.0882. The summed E-state index contributed by atoms with van der Waals surface area (Å²) in [7, 11) is 1.83. The molecule has 2 aromatic heterocycles. The predicted octanol–water partition coefficient (Wildman–Crippen LogP) is 2.08. The van der Waals surface area contributed by atoms with E-state index in [0.717, 1.165) is 17.1 Å². The van der Waals surface area contributed by atoms with Crippen LogP contribution < -0.4 is 10.2 Å². The smallest absolute Gasteiger partial charge is 0.257 e. The molecule has 1 saturated carbocycles. The molecule has 10 heteroatoms. The zero-order valence-electron chi connectivity index (χ0n) is 16.4. The van der Waals surface area contributed by atoms with Crippen LogP contribution in [0.25, 0.3) is 0 Å². The van der Waals surface area contributed by atoms with Gasteiger partial charge in [-0.3, -0.25) is 9.58 Å². The molecule has 3 fully saturated rings. The molecule has 1 aliphatic carbocycles. The second kappa shape index (κ2) is 5.86. The molecule has 5 rings (SSSR count). The van der Waals surface area contributed by atoms with Crippen molar-refractivity contribution in [2.24, 2.45) is 12.5 Å². The number of alkyl halides is 2. The molecule has 152 valence electrons. The quantitative estimate of drug-likeness (QED) is 0.822. The van der Waals surface area contributed by atoms with Gasteiger partial charge in [0.2, 0.25) is 5.95 Å². The first-order valence-corrected chi connectivity index (χ1v) is 9.60. The standard InChI is InChI=1S/C19H22F2N8/c1-13-5-23-16(25-14-6-24-27(2)7-14)26-15(13)28-11-18(12-28,3-4-22)29-9-17(10-29)8-19(17,20)21/h5-7H,3,8-12H2,1-2H3,(H,23,25,26). The maximum absolute atomic E-state index is 13.6. The van der Waals surface area contributed by atoms with Gasteiger partial charge in [-0.15, -0.1) is 0 Å². The van der Waals surface area contributed by atoms with Gasteiger partial charge in [0.05, 0.1) is 35.3 Å². The van der Waals surface area contributed by atoms with Crippen molar-refractivity contribution in [1.82, 2.24) is 24.6 Å². The van der Waals surface area contributed by atoms with Gasteiger partial charge in [-0.1, -0.05) is 0 Å². The summed E-state index contributed by atoms with van der Waals surface area (Å²) in [4.78, 5) is 13.1. The molecule has 2 aliphatic heterocycles. The van der Waals surface area contributed by atoms with Gasteiger partial charge < -0.3 is 10.2 Å². The van der Waals surface area contributed by atoms with E-state index < -0.39 is 11.3 Å². The van der Waals surface area contributed by atoms with Crippen molar-refractivity contribution in [3.63, 3.8) is 0 Å². The maximum Gasteiger partial charge on any atom is 0.257 e. The Hall–Kier alpha value is -2.80. The van der Waals surface area contributed by atoms with Crippen LogP contribution in [-0.4, -0.2) is 62.3 Å². The van der Waals surface area contributed by atoms with Crippen LogP contribution in [0.3, 0.4) is 0 Å². The largest absolute Gasteiger partial charge is 0.352 e. The number of nitrogens with zero attached hydrogens (tertiary/aromatic N) is 7. The zero-order valence-corrected chi connectivity index (χ0v) is 16.4. The molecule has 0 aromatic carbocycles. The Kier molecular flexibility index (Phi) is 3.68. The first-order chi connectivity index (χ1) is 13.8. The summed E-state index contributed by atoms with van der Waals surface area (Å²) in [5.74, 6) is -1.26. The summed E-state index contributed by atoms with van der Waals surface area (Å²) in [6.07, 6.45) is 5.59. The molecule has 8 nitrogen and oxygen atoms in total. The van der Waals surface area contributed by atoms with Crippen molar-refractivity contribution >= 4 is 17.5 Å². The van der Waals surface area contributed by atoms with Gasteiger partial charge in [0, 0.05) is 57.6 Å². The highest BCUT2D eigenvalue weighted by molar-refractivity contribution is 5.57. The van der Waals surface area contributed by atoms with Gasteiger partial charge in [-0.2, -0.15) is 15.3 Å². The number of aromatic nitrogens is 4. The summed E-state index contributed by atoms with van der Waals surface area (Å²) in [5.41, 5.74) is 0.524. The minimum atomic E-state index is -2.53. The molecule has 0 radical (unpaired) electrons. The molecule has 0 amide bonds. The molecule has 0 unspecified atom stereocenters. The number of nitrogens with one attached hydrogen (secondary N) is 1. The summed E-state index contributed by atoms with van der Waals surface area (Å²) in [6, 6.07) is 2.25. The van der Waals surface area contributed by atoms with Crippen molar-refractivity contribution in [2.45, 2.75) is 31.2 Å². The Balaban J connectivity index is 1.30. The Labute approximate surface area is 167 Å². The van der Waals surface area contributed by atoms with Crippen molar-refractivity contribution < 1.29 is 8.78 Å². The molecule has 3 aliphatic rings. The van der Waals surface area contributed by atoms with Crippen LogP contribution >= 0.6 is 0 Å². The van der Waals surface area contributed by atoms with Gasteiger partial charge in [0.1, 0.15) is 5.82 Å². The van der Waals surface area contributed by atoms with E-state index in [9.17, 15) is 14.0 Å². The molecule has 4 heterocycles. The lowest BCUT2D eigenvalue weighted by Gasteiger charge is -2.60. The molecule has 0 bridgehead atoms. The fourth-order valence-electron chi connectivity index (χ4n) is 4.56. The summed E-state index contributed by atoms with van der Waals surface area (Å²) >= 11 is 0. The lowest BCUT2D eigenvalue weighted by Crippen LogP contribution is -2.75. The number of anilines is 3. The average Bonchev–Trinajstić information content (AvgIpc) is 2.96. The Morgan fingerprint density at radius 3 is 2.55 bits per heavy atom. The molecular weight excluding hydrogens is 378 g/mol. The average molecular weight is 400 g/mol. The zero-order chi connectivity index (χ0) is 20.4. The number of nitriles is 1. The van der Waals surface area contributed by atoms with Gasteiger partial charge in [-0.25, -0.2) is 13.8 Å². The minimum absolute atomic E-state index is 0.0166. The number of halogens is 2. The van der Waals surface area contributed by atoms with Crippen LogP contribution in [-0.2, 0) is 7.05 Å². The fourth-order valence-corrected chi connectivity index (χ4v) is 4.56. The molecule has 2 aromatic rings. The molecule has 2 saturated heterocycles. The normalized spacial score (nSPS) is 23.2. The van der Waals surface area contributed by atoms with E-state index in [2.05, 4.69) is 36.3 Å². The lowest BCUT2D eigenvalue weighted by atomic mass is 9.78. The number of likely N-dealkylation sites (tertiary alicyclic amines) is 1. The number of rotatable bonds is 5. The van der Waals surface area contributed by atoms with E-state index in [-0.39, 0.29) is 12.0 Å². The van der Waals surface area contributed by atoms with E-state index in [1.807, 2.05) is 20.2 Å². The number of hydrogen-bond acceptors (Lipinski definition) is 7. The van der Waals surface area contributed by atoms with E-state index in [1.165, 1.54) is 0 Å². The number of aryl methyl sites for hydroxylation is 2. The summed E-state index contributed by atoms with van der Waals surface area (Å²) < 4.78 is 28.9. The van der Waals surface area contributed by atoms with Crippen LogP contribution in [0.4, 0.5) is 26.2 Å². The highest BCUT2D eigenvalue weighted by Gasteiger charge is 2.77. The van der Waals surface area contributed by atoms with Gasteiger partial charge in [0.15, 0.2) is 0 Å². The third kappa shape index (κ3) is 2.75. The molecular formula is C19H22F2N8. The van der Waals surface area contributed by atoms with Gasteiger partial charge >= 0.3 is 0 Å². The van der Waals surface area contributed by atoms with Crippen LogP contribution in [0.5, 0.6) is 0 Å². The SMILES string of the molecule is Cc1cnc(Nc2cnn(C)c2)nc1N1CC(CC#N)(N2CC3(C2)CC3(F)F)C1. The number of hydrogen-bond donors (Lipinski definition) is 1. The van der Waals surface area contributed by atoms with Crippen LogP contribution in [0.1, 0.15) is 18.4 Å². The van der Waals surface area contributed by atoms with Crippen molar-refractivity contribution in [3.8, 4) is 6.07 Å². The predicted molar refractivity (Wildman–Crippen MR) is 102 cm³/mol. The van der Waals surface area contributed by atoms with Crippen LogP contribution in [0.2, 0.25) is 0 Å². The monoisotopic (exact) mass is 400 g/mol. The fraction of sp³-hybridized carbons (Fsp3) is 0.579. The second-order valence-corrected chi connectivity index (χ2v) is 8.66. The third-order valence-electron chi connectivity index (χ3n) is 6.45.